The fourth-order valence-electron chi connectivity index (χ4n) is 3.93. The van der Waals surface area contributed by atoms with Crippen molar-refractivity contribution in [3.8, 4) is 0 Å². The van der Waals surface area contributed by atoms with Crippen molar-refractivity contribution in [1.82, 2.24) is 4.90 Å². The number of nitrogens with zero attached hydrogens (tertiary/aromatic N) is 1. The third-order valence-electron chi connectivity index (χ3n) is 5.85. The van der Waals surface area contributed by atoms with Crippen molar-refractivity contribution in [2.24, 2.45) is 0 Å². The molecule has 0 radical (unpaired) electrons. The summed E-state index contributed by atoms with van der Waals surface area (Å²) in [6.45, 7) is 3.27. The van der Waals surface area contributed by atoms with E-state index in [2.05, 4.69) is 10.0 Å². The second-order valence-electron chi connectivity index (χ2n) is 8.47. The van der Waals surface area contributed by atoms with Crippen LogP contribution in [0.1, 0.15) is 45.5 Å². The summed E-state index contributed by atoms with van der Waals surface area (Å²) in [5.41, 5.74) is 2.15. The van der Waals surface area contributed by atoms with Crippen LogP contribution in [0.3, 0.4) is 0 Å². The highest BCUT2D eigenvalue weighted by Gasteiger charge is 2.22. The molecular formula is C26H26ClN3O4S. The number of hydrogen-bond donors (Lipinski definition) is 2. The Morgan fingerprint density at radius 2 is 1.57 bits per heavy atom. The summed E-state index contributed by atoms with van der Waals surface area (Å²) >= 11 is 6.34. The molecule has 2 N–H and O–H groups in total. The van der Waals surface area contributed by atoms with Gasteiger partial charge in [0.15, 0.2) is 0 Å². The number of carbonyl (C=O) groups excluding carboxylic acids is 2. The molecule has 4 rings (SSSR count). The van der Waals surface area contributed by atoms with Gasteiger partial charge in [0.1, 0.15) is 0 Å². The molecule has 1 aliphatic rings. The van der Waals surface area contributed by atoms with Gasteiger partial charge in [0.2, 0.25) is 0 Å². The molecule has 2 amide bonds. The number of benzene rings is 3. The number of amides is 2. The fraction of sp³-hybridized carbons (Fsp3) is 0.231. The number of halogens is 1. The highest BCUT2D eigenvalue weighted by atomic mass is 35.5. The van der Waals surface area contributed by atoms with Crippen LogP contribution < -0.4 is 10.0 Å². The van der Waals surface area contributed by atoms with Gasteiger partial charge in [0, 0.05) is 13.1 Å². The number of anilines is 2. The average molecular weight is 512 g/mol. The van der Waals surface area contributed by atoms with Crippen molar-refractivity contribution in [1.29, 1.82) is 0 Å². The second-order valence-corrected chi connectivity index (χ2v) is 10.6. The van der Waals surface area contributed by atoms with Crippen molar-refractivity contribution >= 4 is 44.8 Å². The van der Waals surface area contributed by atoms with E-state index < -0.39 is 15.9 Å². The summed E-state index contributed by atoms with van der Waals surface area (Å²) in [5.74, 6) is -0.616. The number of likely N-dealkylation sites (tertiary alicyclic amines) is 1. The van der Waals surface area contributed by atoms with Gasteiger partial charge in [-0.2, -0.15) is 0 Å². The van der Waals surface area contributed by atoms with Crippen LogP contribution in [0.15, 0.2) is 71.6 Å². The van der Waals surface area contributed by atoms with Gasteiger partial charge in [-0.05, 0) is 68.7 Å². The zero-order valence-electron chi connectivity index (χ0n) is 19.3. The van der Waals surface area contributed by atoms with E-state index in [9.17, 15) is 18.0 Å². The molecule has 9 heteroatoms. The van der Waals surface area contributed by atoms with Crippen molar-refractivity contribution < 1.29 is 18.0 Å². The molecule has 0 unspecified atom stereocenters. The summed E-state index contributed by atoms with van der Waals surface area (Å²) in [4.78, 5) is 27.9. The van der Waals surface area contributed by atoms with Crippen LogP contribution in [0, 0.1) is 6.92 Å². The lowest BCUT2D eigenvalue weighted by atomic mass is 10.1. The molecule has 1 heterocycles. The third kappa shape index (κ3) is 5.83. The highest BCUT2D eigenvalue weighted by Crippen LogP contribution is 2.26. The van der Waals surface area contributed by atoms with Crippen LogP contribution in [-0.2, 0) is 10.0 Å². The second kappa shape index (κ2) is 10.5. The van der Waals surface area contributed by atoms with Gasteiger partial charge in [-0.15, -0.1) is 0 Å². The Balaban J connectivity index is 1.50. The largest absolute Gasteiger partial charge is 0.339 e. The standard InChI is InChI=1S/C26H26ClN3O4S/c1-18-9-12-20(13-10-18)35(33,34)29-19-11-14-21(23(27)17-19)25(31)28-24-8-4-3-7-22(24)26(32)30-15-5-2-6-16-30/h3-4,7-14,17,29H,2,5-6,15-16H2,1H3,(H,28,31). The SMILES string of the molecule is Cc1ccc(S(=O)(=O)Nc2ccc(C(=O)Nc3ccccc3C(=O)N3CCCCC3)c(Cl)c2)cc1. The van der Waals surface area contributed by atoms with Gasteiger partial charge in [0.05, 0.1) is 32.4 Å². The Kier molecular flexibility index (Phi) is 7.42. The molecular weight excluding hydrogens is 486 g/mol. The Morgan fingerprint density at radius 3 is 2.26 bits per heavy atom. The molecule has 0 aromatic heterocycles. The first-order valence-electron chi connectivity index (χ1n) is 11.3. The van der Waals surface area contributed by atoms with E-state index in [4.69, 9.17) is 11.6 Å². The number of nitrogens with one attached hydrogen (secondary N) is 2. The maximum absolute atomic E-state index is 13.0. The number of hydrogen-bond acceptors (Lipinski definition) is 4. The molecule has 0 saturated carbocycles. The zero-order valence-corrected chi connectivity index (χ0v) is 20.8. The molecule has 1 saturated heterocycles. The van der Waals surface area contributed by atoms with E-state index in [-0.39, 0.29) is 27.1 Å². The topological polar surface area (TPSA) is 95.6 Å². The molecule has 7 nitrogen and oxygen atoms in total. The fourth-order valence-corrected chi connectivity index (χ4v) is 5.25. The highest BCUT2D eigenvalue weighted by molar-refractivity contribution is 7.92. The predicted octanol–water partition coefficient (Wildman–Crippen LogP) is 5.33. The van der Waals surface area contributed by atoms with Gasteiger partial charge >= 0.3 is 0 Å². The molecule has 1 fully saturated rings. The summed E-state index contributed by atoms with van der Waals surface area (Å²) in [7, 11) is -3.81. The first kappa shape index (κ1) is 24.8. The van der Waals surface area contributed by atoms with Gasteiger partial charge in [-0.1, -0.05) is 41.4 Å². The average Bonchev–Trinajstić information content (AvgIpc) is 2.84. The molecule has 1 aliphatic heterocycles. The maximum atomic E-state index is 13.0. The van der Waals surface area contributed by atoms with Crippen LogP contribution in [-0.4, -0.2) is 38.2 Å². The van der Waals surface area contributed by atoms with E-state index in [1.165, 1.54) is 30.3 Å². The predicted molar refractivity (Wildman–Crippen MR) is 138 cm³/mol. The Labute approximate surface area is 210 Å². The molecule has 0 bridgehead atoms. The van der Waals surface area contributed by atoms with Gasteiger partial charge in [0.25, 0.3) is 21.8 Å². The lowest BCUT2D eigenvalue weighted by Crippen LogP contribution is -2.36. The van der Waals surface area contributed by atoms with E-state index in [1.54, 1.807) is 41.3 Å². The molecule has 35 heavy (non-hydrogen) atoms. The van der Waals surface area contributed by atoms with E-state index >= 15 is 0 Å². The van der Waals surface area contributed by atoms with Crippen molar-refractivity contribution in [2.45, 2.75) is 31.1 Å². The number of para-hydroxylation sites is 1. The normalized spacial score (nSPS) is 13.8. The molecule has 0 spiro atoms. The number of piperidine rings is 1. The molecule has 0 aliphatic carbocycles. The summed E-state index contributed by atoms with van der Waals surface area (Å²) in [5, 5.41) is 2.85. The van der Waals surface area contributed by atoms with E-state index in [0.717, 1.165) is 24.8 Å². The van der Waals surface area contributed by atoms with Crippen LogP contribution in [0.5, 0.6) is 0 Å². The number of carbonyl (C=O) groups is 2. The zero-order chi connectivity index (χ0) is 25.0. The molecule has 182 valence electrons. The van der Waals surface area contributed by atoms with E-state index in [0.29, 0.717) is 24.3 Å². The summed E-state index contributed by atoms with van der Waals surface area (Å²) in [6, 6.07) is 17.6. The Bertz CT molecular complexity index is 1350. The molecule has 3 aromatic carbocycles. The molecule has 3 aromatic rings. The molecule has 0 atom stereocenters. The first-order chi connectivity index (χ1) is 16.7. The van der Waals surface area contributed by atoms with E-state index in [1.807, 2.05) is 6.92 Å². The van der Waals surface area contributed by atoms with Gasteiger partial charge in [-0.3, -0.25) is 14.3 Å². The summed E-state index contributed by atoms with van der Waals surface area (Å²) < 4.78 is 27.8. The maximum Gasteiger partial charge on any atom is 0.261 e. The van der Waals surface area contributed by atoms with Crippen LogP contribution >= 0.6 is 11.6 Å². The number of aryl methyl sites for hydroxylation is 1. The lowest BCUT2D eigenvalue weighted by Gasteiger charge is -2.27. The van der Waals surface area contributed by atoms with Crippen molar-refractivity contribution in [2.75, 3.05) is 23.1 Å². The smallest absolute Gasteiger partial charge is 0.261 e. The van der Waals surface area contributed by atoms with Gasteiger partial charge < -0.3 is 10.2 Å². The quantitative estimate of drug-likeness (QED) is 0.467. The van der Waals surface area contributed by atoms with Gasteiger partial charge in [-0.25, -0.2) is 8.42 Å². The van der Waals surface area contributed by atoms with Crippen LogP contribution in [0.4, 0.5) is 11.4 Å². The van der Waals surface area contributed by atoms with Crippen LogP contribution in [0.2, 0.25) is 5.02 Å². The Morgan fingerprint density at radius 1 is 0.886 bits per heavy atom. The minimum atomic E-state index is -3.81. The third-order valence-corrected chi connectivity index (χ3v) is 7.56. The minimum absolute atomic E-state index is 0.0754. The number of rotatable bonds is 6. The van der Waals surface area contributed by atoms with Crippen molar-refractivity contribution in [3.63, 3.8) is 0 Å². The monoisotopic (exact) mass is 511 g/mol. The minimum Gasteiger partial charge on any atom is -0.339 e. The summed E-state index contributed by atoms with van der Waals surface area (Å²) in [6.07, 6.45) is 3.05. The van der Waals surface area contributed by atoms with Crippen molar-refractivity contribution in [3.05, 3.63) is 88.4 Å². The first-order valence-corrected chi connectivity index (χ1v) is 13.2. The van der Waals surface area contributed by atoms with Crippen LogP contribution in [0.25, 0.3) is 0 Å². The number of sulfonamides is 1. The Hall–Kier alpha value is -3.36. The lowest BCUT2D eigenvalue weighted by molar-refractivity contribution is 0.0725.